The molecule has 1 aliphatic heterocycles. The quantitative estimate of drug-likeness (QED) is 0.227. The van der Waals surface area contributed by atoms with Gasteiger partial charge in [0, 0.05) is 59.3 Å². The number of amides is 1. The second-order valence-electron chi connectivity index (χ2n) is 8.95. The summed E-state index contributed by atoms with van der Waals surface area (Å²) in [5.41, 5.74) is 4.03. The SMILES string of the molecule is COc1ccc2[nH]cc(C3CCN(C(=O)c4oc5ccccc5c4CSc4ncccn4)CC3)c2c1. The maximum absolute atomic E-state index is 13.7. The third kappa shape index (κ3) is 4.22. The molecule has 2 aromatic carbocycles. The zero-order chi connectivity index (χ0) is 24.5. The summed E-state index contributed by atoms with van der Waals surface area (Å²) in [6.45, 7) is 1.37. The van der Waals surface area contributed by atoms with Gasteiger partial charge < -0.3 is 19.0 Å². The van der Waals surface area contributed by atoms with Crippen LogP contribution in [0.25, 0.3) is 21.9 Å². The van der Waals surface area contributed by atoms with Gasteiger partial charge in [-0.15, -0.1) is 0 Å². The summed E-state index contributed by atoms with van der Waals surface area (Å²) in [6.07, 6.45) is 7.36. The van der Waals surface area contributed by atoms with Crippen LogP contribution in [0.4, 0.5) is 0 Å². The number of aromatic nitrogens is 3. The smallest absolute Gasteiger partial charge is 0.289 e. The highest BCUT2D eigenvalue weighted by Gasteiger charge is 2.30. The number of thioether (sulfide) groups is 1. The number of nitrogens with one attached hydrogen (secondary N) is 1. The van der Waals surface area contributed by atoms with Crippen molar-refractivity contribution in [1.82, 2.24) is 19.9 Å². The molecule has 0 aliphatic carbocycles. The van der Waals surface area contributed by atoms with E-state index in [0.717, 1.165) is 40.6 Å². The maximum atomic E-state index is 13.7. The minimum Gasteiger partial charge on any atom is -0.497 e. The van der Waals surface area contributed by atoms with Crippen molar-refractivity contribution < 1.29 is 13.9 Å². The Morgan fingerprint density at radius 3 is 2.72 bits per heavy atom. The van der Waals surface area contributed by atoms with Gasteiger partial charge in [0.2, 0.25) is 0 Å². The number of nitrogens with zero attached hydrogens (tertiary/aromatic N) is 3. The zero-order valence-electron chi connectivity index (χ0n) is 19.9. The van der Waals surface area contributed by atoms with Crippen molar-refractivity contribution in [2.24, 2.45) is 0 Å². The van der Waals surface area contributed by atoms with E-state index >= 15 is 0 Å². The molecule has 8 heteroatoms. The van der Waals surface area contributed by atoms with Gasteiger partial charge in [0.05, 0.1) is 7.11 Å². The van der Waals surface area contributed by atoms with E-state index in [1.54, 1.807) is 25.6 Å². The molecule has 1 N–H and O–H groups in total. The van der Waals surface area contributed by atoms with Gasteiger partial charge in [-0.05, 0) is 54.7 Å². The Balaban J connectivity index is 1.21. The first-order valence-electron chi connectivity index (χ1n) is 12.1. The molecule has 1 fully saturated rings. The number of carbonyl (C=O) groups is 1. The van der Waals surface area contributed by atoms with Gasteiger partial charge >= 0.3 is 0 Å². The molecule has 0 atom stereocenters. The average molecular weight is 499 g/mol. The van der Waals surface area contributed by atoms with E-state index < -0.39 is 0 Å². The van der Waals surface area contributed by atoms with E-state index in [2.05, 4.69) is 33.3 Å². The van der Waals surface area contributed by atoms with E-state index in [4.69, 9.17) is 9.15 Å². The molecule has 3 aromatic heterocycles. The van der Waals surface area contributed by atoms with Crippen molar-refractivity contribution in [2.75, 3.05) is 20.2 Å². The second-order valence-corrected chi connectivity index (χ2v) is 9.89. The number of para-hydroxylation sites is 1. The van der Waals surface area contributed by atoms with Gasteiger partial charge in [0.25, 0.3) is 5.91 Å². The Morgan fingerprint density at radius 1 is 1.11 bits per heavy atom. The number of ether oxygens (including phenoxy) is 1. The van der Waals surface area contributed by atoms with Crippen LogP contribution >= 0.6 is 11.8 Å². The van der Waals surface area contributed by atoms with Crippen molar-refractivity contribution in [1.29, 1.82) is 0 Å². The molecular weight excluding hydrogens is 472 g/mol. The van der Waals surface area contributed by atoms with Crippen LogP contribution in [0.2, 0.25) is 0 Å². The zero-order valence-corrected chi connectivity index (χ0v) is 20.8. The summed E-state index contributed by atoms with van der Waals surface area (Å²) in [5, 5.41) is 2.84. The summed E-state index contributed by atoms with van der Waals surface area (Å²) < 4.78 is 11.5. The number of hydrogen-bond acceptors (Lipinski definition) is 6. The van der Waals surface area contributed by atoms with E-state index in [-0.39, 0.29) is 5.91 Å². The van der Waals surface area contributed by atoms with Crippen LogP contribution in [-0.4, -0.2) is 46.0 Å². The normalized spacial score (nSPS) is 14.5. The molecule has 5 aromatic rings. The predicted molar refractivity (Wildman–Crippen MR) is 141 cm³/mol. The molecule has 0 spiro atoms. The van der Waals surface area contributed by atoms with Gasteiger partial charge in [-0.3, -0.25) is 4.79 Å². The van der Waals surface area contributed by atoms with E-state index in [9.17, 15) is 4.79 Å². The minimum absolute atomic E-state index is 0.0465. The first kappa shape index (κ1) is 22.7. The maximum Gasteiger partial charge on any atom is 0.289 e. The lowest BCUT2D eigenvalue weighted by Gasteiger charge is -2.31. The number of piperidine rings is 1. The molecule has 0 bridgehead atoms. The summed E-state index contributed by atoms with van der Waals surface area (Å²) in [6, 6.07) is 15.7. The van der Waals surface area contributed by atoms with Crippen LogP contribution in [0.1, 0.15) is 40.4 Å². The average Bonchev–Trinajstić information content (AvgIpc) is 3.53. The van der Waals surface area contributed by atoms with Crippen LogP contribution in [0.3, 0.4) is 0 Å². The molecule has 0 unspecified atom stereocenters. The number of furan rings is 1. The lowest BCUT2D eigenvalue weighted by molar-refractivity contribution is 0.0682. The molecule has 182 valence electrons. The van der Waals surface area contributed by atoms with E-state index in [0.29, 0.717) is 35.7 Å². The predicted octanol–water partition coefficient (Wildman–Crippen LogP) is 6.02. The lowest BCUT2D eigenvalue weighted by Crippen LogP contribution is -2.38. The van der Waals surface area contributed by atoms with Gasteiger partial charge in [0.1, 0.15) is 11.3 Å². The minimum atomic E-state index is -0.0465. The Morgan fingerprint density at radius 2 is 1.92 bits per heavy atom. The van der Waals surface area contributed by atoms with Crippen molar-refractivity contribution in [2.45, 2.75) is 29.7 Å². The van der Waals surface area contributed by atoms with Gasteiger partial charge in [0.15, 0.2) is 10.9 Å². The highest BCUT2D eigenvalue weighted by molar-refractivity contribution is 7.98. The van der Waals surface area contributed by atoms with E-state index in [1.165, 1.54) is 22.7 Å². The highest BCUT2D eigenvalue weighted by Crippen LogP contribution is 2.36. The fraction of sp³-hybridized carbons (Fsp3) is 0.250. The standard InChI is InChI=1S/C28H26N4O3S/c1-34-19-7-8-24-21(15-19)22(16-31-24)18-9-13-32(14-10-18)27(33)26-23(17-36-28-29-11-4-12-30-28)20-5-2-3-6-25(20)35-26/h2-8,11-12,15-16,18,31H,9-10,13-14,17H2,1H3. The lowest BCUT2D eigenvalue weighted by atomic mass is 9.89. The van der Waals surface area contributed by atoms with Crippen molar-refractivity contribution in [3.63, 3.8) is 0 Å². The largest absolute Gasteiger partial charge is 0.497 e. The first-order valence-corrected chi connectivity index (χ1v) is 13.0. The van der Waals surface area contributed by atoms with E-state index in [1.807, 2.05) is 35.2 Å². The number of carbonyl (C=O) groups excluding carboxylic acids is 1. The molecule has 1 saturated heterocycles. The fourth-order valence-electron chi connectivity index (χ4n) is 5.03. The Hall–Kier alpha value is -3.78. The number of likely N-dealkylation sites (tertiary alicyclic amines) is 1. The third-order valence-corrected chi connectivity index (χ3v) is 7.83. The number of rotatable bonds is 6. The van der Waals surface area contributed by atoms with Crippen molar-refractivity contribution in [3.05, 3.63) is 84.0 Å². The number of methoxy groups -OCH3 is 1. The topological polar surface area (TPSA) is 84.2 Å². The molecule has 1 aliphatic rings. The van der Waals surface area contributed by atoms with Crippen molar-refractivity contribution in [3.8, 4) is 5.75 Å². The molecule has 0 saturated carbocycles. The summed E-state index contributed by atoms with van der Waals surface area (Å²) in [5.74, 6) is 2.18. The number of fused-ring (bicyclic) bond motifs is 2. The number of benzene rings is 2. The number of hydrogen-bond donors (Lipinski definition) is 1. The summed E-state index contributed by atoms with van der Waals surface area (Å²) in [7, 11) is 1.69. The van der Waals surface area contributed by atoms with Crippen molar-refractivity contribution >= 4 is 39.5 Å². The molecule has 0 radical (unpaired) electrons. The van der Waals surface area contributed by atoms with Gasteiger partial charge in [-0.2, -0.15) is 0 Å². The molecule has 36 heavy (non-hydrogen) atoms. The van der Waals surface area contributed by atoms with Crippen LogP contribution < -0.4 is 4.74 Å². The molecular formula is C28H26N4O3S. The summed E-state index contributed by atoms with van der Waals surface area (Å²) >= 11 is 1.51. The number of H-pyrrole nitrogens is 1. The molecule has 7 nitrogen and oxygen atoms in total. The number of aromatic amines is 1. The second kappa shape index (κ2) is 9.70. The Kier molecular flexibility index (Phi) is 6.11. The fourth-order valence-corrected chi connectivity index (χ4v) is 5.87. The van der Waals surface area contributed by atoms with Gasteiger partial charge in [-0.1, -0.05) is 30.0 Å². The van der Waals surface area contributed by atoms with Crippen LogP contribution in [0.15, 0.2) is 76.7 Å². The summed E-state index contributed by atoms with van der Waals surface area (Å²) in [4.78, 5) is 27.6. The van der Waals surface area contributed by atoms with Crippen LogP contribution in [-0.2, 0) is 5.75 Å². The van der Waals surface area contributed by atoms with Gasteiger partial charge in [-0.25, -0.2) is 9.97 Å². The first-order chi connectivity index (χ1) is 17.7. The molecule has 6 rings (SSSR count). The molecule has 4 heterocycles. The Labute approximate surface area is 212 Å². The third-order valence-electron chi connectivity index (χ3n) is 6.92. The van der Waals surface area contributed by atoms with Crippen LogP contribution in [0, 0.1) is 0 Å². The Bertz CT molecular complexity index is 1520. The monoisotopic (exact) mass is 498 g/mol. The van der Waals surface area contributed by atoms with Crippen LogP contribution in [0.5, 0.6) is 5.75 Å². The molecule has 1 amide bonds. The highest BCUT2D eigenvalue weighted by atomic mass is 32.2.